The lowest BCUT2D eigenvalue weighted by molar-refractivity contribution is 0.124. The van der Waals surface area contributed by atoms with E-state index in [9.17, 15) is 13.2 Å². The first-order valence-electron chi connectivity index (χ1n) is 8.48. The van der Waals surface area contributed by atoms with Crippen LogP contribution >= 0.6 is 0 Å². The Morgan fingerprint density at radius 3 is 2.52 bits per heavy atom. The van der Waals surface area contributed by atoms with Crippen LogP contribution in [0.5, 0.6) is 0 Å². The quantitative estimate of drug-likeness (QED) is 0.840. The van der Waals surface area contributed by atoms with Crippen LogP contribution < -0.4 is 5.32 Å². The predicted molar refractivity (Wildman–Crippen MR) is 88.0 cm³/mol. The maximum Gasteiger partial charge on any atom is 0.317 e. The van der Waals surface area contributed by atoms with Crippen LogP contribution in [0.25, 0.3) is 0 Å². The van der Waals surface area contributed by atoms with Crippen molar-refractivity contribution in [3.8, 4) is 0 Å². The van der Waals surface area contributed by atoms with Gasteiger partial charge >= 0.3 is 6.03 Å². The minimum atomic E-state index is -3.18. The number of likely N-dealkylation sites (tertiary alicyclic amines) is 1. The summed E-state index contributed by atoms with van der Waals surface area (Å²) < 4.78 is 29.2. The van der Waals surface area contributed by atoms with Gasteiger partial charge in [0, 0.05) is 25.3 Å². The Kier molecular flexibility index (Phi) is 4.16. The summed E-state index contributed by atoms with van der Waals surface area (Å²) in [5.41, 5.74) is 0.0420. The molecule has 2 atom stereocenters. The molecule has 3 fully saturated rings. The number of rotatable bonds is 3. The number of sulfone groups is 1. The first kappa shape index (κ1) is 17.0. The summed E-state index contributed by atoms with van der Waals surface area (Å²) in [6.45, 7) is 6.54. The first-order chi connectivity index (χ1) is 10.7. The molecule has 0 aromatic heterocycles. The molecule has 0 bridgehead atoms. The van der Waals surface area contributed by atoms with Gasteiger partial charge in [0.1, 0.15) is 0 Å². The zero-order chi connectivity index (χ0) is 16.9. The van der Waals surface area contributed by atoms with E-state index in [0.717, 1.165) is 12.8 Å². The van der Waals surface area contributed by atoms with Gasteiger partial charge in [-0.05, 0) is 18.3 Å². The Labute approximate surface area is 138 Å². The van der Waals surface area contributed by atoms with Crippen LogP contribution in [-0.4, -0.2) is 62.7 Å². The molecule has 0 aromatic rings. The molecular weight excluding hydrogens is 316 g/mol. The van der Waals surface area contributed by atoms with Crippen molar-refractivity contribution >= 4 is 15.9 Å². The molecule has 7 heteroatoms. The van der Waals surface area contributed by atoms with E-state index in [1.807, 2.05) is 4.90 Å². The molecule has 132 valence electrons. The minimum absolute atomic E-state index is 0.0420. The van der Waals surface area contributed by atoms with Gasteiger partial charge in [-0.2, -0.15) is 0 Å². The average molecular weight is 344 g/mol. The lowest BCUT2D eigenvalue weighted by atomic mass is 9.80. The highest BCUT2D eigenvalue weighted by atomic mass is 32.2. The van der Waals surface area contributed by atoms with E-state index in [1.54, 1.807) is 0 Å². The third kappa shape index (κ3) is 2.86. The standard InChI is InChI=1S/C16H28N2O4S/c1-15(2)11-18(13-9-22-8-12(13)15)14(19)17-10-16(23(3,20)21)6-4-5-7-16/h12-13H,4-11H2,1-3H3,(H,17,19)/t12-,13+/m0/s1. The lowest BCUT2D eigenvalue weighted by Crippen LogP contribution is -2.51. The third-order valence-corrected chi connectivity index (χ3v) is 8.28. The van der Waals surface area contributed by atoms with Crippen molar-refractivity contribution < 1.29 is 17.9 Å². The van der Waals surface area contributed by atoms with Crippen molar-refractivity contribution in [2.24, 2.45) is 11.3 Å². The van der Waals surface area contributed by atoms with Crippen LogP contribution in [-0.2, 0) is 14.6 Å². The molecule has 1 saturated carbocycles. The highest BCUT2D eigenvalue weighted by molar-refractivity contribution is 7.92. The molecule has 2 amide bonds. The fourth-order valence-electron chi connectivity index (χ4n) is 4.53. The summed E-state index contributed by atoms with van der Waals surface area (Å²) >= 11 is 0. The molecule has 0 aromatic carbocycles. The van der Waals surface area contributed by atoms with Crippen LogP contribution in [0, 0.1) is 11.3 Å². The number of ether oxygens (including phenoxy) is 1. The molecule has 2 heterocycles. The van der Waals surface area contributed by atoms with Gasteiger partial charge in [-0.1, -0.05) is 26.7 Å². The topological polar surface area (TPSA) is 75.7 Å². The summed E-state index contributed by atoms with van der Waals surface area (Å²) in [5, 5.41) is 2.92. The van der Waals surface area contributed by atoms with Crippen molar-refractivity contribution in [2.75, 3.05) is 32.6 Å². The summed E-state index contributed by atoms with van der Waals surface area (Å²) in [7, 11) is -3.18. The van der Waals surface area contributed by atoms with Gasteiger partial charge in [0.15, 0.2) is 9.84 Å². The first-order valence-corrected chi connectivity index (χ1v) is 10.4. The number of nitrogens with zero attached hydrogens (tertiary/aromatic N) is 1. The Morgan fingerprint density at radius 1 is 1.26 bits per heavy atom. The van der Waals surface area contributed by atoms with Gasteiger partial charge in [0.05, 0.1) is 24.0 Å². The van der Waals surface area contributed by atoms with Gasteiger partial charge in [0.2, 0.25) is 0 Å². The number of carbonyl (C=O) groups is 1. The Morgan fingerprint density at radius 2 is 1.91 bits per heavy atom. The predicted octanol–water partition coefficient (Wildman–Crippen LogP) is 1.41. The molecule has 0 spiro atoms. The van der Waals surface area contributed by atoms with Gasteiger partial charge in [-0.25, -0.2) is 13.2 Å². The summed E-state index contributed by atoms with van der Waals surface area (Å²) in [6.07, 6.45) is 4.42. The second kappa shape index (κ2) is 5.62. The number of urea groups is 1. The van der Waals surface area contributed by atoms with Gasteiger partial charge in [-0.15, -0.1) is 0 Å². The number of hydrogen-bond donors (Lipinski definition) is 1. The van der Waals surface area contributed by atoms with Gasteiger partial charge in [-0.3, -0.25) is 0 Å². The van der Waals surface area contributed by atoms with E-state index < -0.39 is 14.6 Å². The van der Waals surface area contributed by atoms with Crippen molar-refractivity contribution in [3.05, 3.63) is 0 Å². The second-order valence-electron chi connectivity index (χ2n) is 8.15. The molecule has 2 aliphatic heterocycles. The minimum Gasteiger partial charge on any atom is -0.379 e. The highest BCUT2D eigenvalue weighted by Gasteiger charge is 2.52. The molecule has 1 N–H and O–H groups in total. The van der Waals surface area contributed by atoms with E-state index in [4.69, 9.17) is 4.74 Å². The van der Waals surface area contributed by atoms with Crippen LogP contribution in [0.4, 0.5) is 4.79 Å². The Bertz CT molecular complexity index is 581. The third-order valence-electron chi connectivity index (χ3n) is 6.16. The molecule has 0 radical (unpaired) electrons. The molecule has 1 aliphatic carbocycles. The van der Waals surface area contributed by atoms with E-state index in [2.05, 4.69) is 19.2 Å². The fourth-order valence-corrected chi connectivity index (χ4v) is 5.89. The van der Waals surface area contributed by atoms with Crippen LogP contribution in [0.3, 0.4) is 0 Å². The van der Waals surface area contributed by atoms with Crippen molar-refractivity contribution in [1.29, 1.82) is 0 Å². The van der Waals surface area contributed by atoms with Crippen molar-refractivity contribution in [3.63, 3.8) is 0 Å². The zero-order valence-electron chi connectivity index (χ0n) is 14.3. The second-order valence-corrected chi connectivity index (χ2v) is 10.6. The monoisotopic (exact) mass is 344 g/mol. The molecule has 2 saturated heterocycles. The summed E-state index contributed by atoms with van der Waals surface area (Å²) in [6, 6.07) is -0.0336. The molecule has 0 unspecified atom stereocenters. The molecular formula is C16H28N2O4S. The lowest BCUT2D eigenvalue weighted by Gasteiger charge is -2.30. The maximum atomic E-state index is 12.7. The van der Waals surface area contributed by atoms with Gasteiger partial charge < -0.3 is 15.0 Å². The summed E-state index contributed by atoms with van der Waals surface area (Å²) in [5.74, 6) is 0.364. The number of carbonyl (C=O) groups excluding carboxylic acids is 1. The normalized spacial score (nSPS) is 32.0. The summed E-state index contributed by atoms with van der Waals surface area (Å²) in [4.78, 5) is 14.5. The van der Waals surface area contributed by atoms with E-state index >= 15 is 0 Å². The van der Waals surface area contributed by atoms with Crippen LogP contribution in [0.2, 0.25) is 0 Å². The highest BCUT2D eigenvalue weighted by Crippen LogP contribution is 2.43. The molecule has 3 aliphatic rings. The molecule has 23 heavy (non-hydrogen) atoms. The van der Waals surface area contributed by atoms with Crippen molar-refractivity contribution in [1.82, 2.24) is 10.2 Å². The number of nitrogens with one attached hydrogen (secondary N) is 1. The van der Waals surface area contributed by atoms with Gasteiger partial charge in [0.25, 0.3) is 0 Å². The number of hydrogen-bond acceptors (Lipinski definition) is 4. The molecule has 3 rings (SSSR count). The van der Waals surface area contributed by atoms with E-state index in [1.165, 1.54) is 6.26 Å². The smallest absolute Gasteiger partial charge is 0.317 e. The largest absolute Gasteiger partial charge is 0.379 e. The number of amides is 2. The molecule has 6 nitrogen and oxygen atoms in total. The van der Waals surface area contributed by atoms with Crippen LogP contribution in [0.15, 0.2) is 0 Å². The fraction of sp³-hybridized carbons (Fsp3) is 0.938. The average Bonchev–Trinajstić information content (AvgIpc) is 3.13. The van der Waals surface area contributed by atoms with Crippen LogP contribution in [0.1, 0.15) is 39.5 Å². The van der Waals surface area contributed by atoms with Crippen molar-refractivity contribution in [2.45, 2.75) is 50.3 Å². The zero-order valence-corrected chi connectivity index (χ0v) is 15.1. The number of fused-ring (bicyclic) bond motifs is 1. The maximum absolute atomic E-state index is 12.7. The van der Waals surface area contributed by atoms with E-state index in [-0.39, 0.29) is 24.0 Å². The Hall–Kier alpha value is -0.820. The van der Waals surface area contributed by atoms with E-state index in [0.29, 0.717) is 38.5 Å². The Balaban J connectivity index is 1.68. The SMILES string of the molecule is CC1(C)CN(C(=O)NCC2(S(C)(=O)=O)CCCC2)[C@@H]2COC[C@@H]21.